The number of nitrogens with zero attached hydrogens (tertiary/aromatic N) is 1. The first-order valence-corrected chi connectivity index (χ1v) is 9.47. The highest BCUT2D eigenvalue weighted by Crippen LogP contribution is 2.46. The molecule has 0 fully saturated rings. The van der Waals surface area contributed by atoms with Crippen molar-refractivity contribution in [1.82, 2.24) is 9.97 Å². The second kappa shape index (κ2) is 7.57. The number of hydrogen-bond acceptors (Lipinski definition) is 3. The van der Waals surface area contributed by atoms with Crippen LogP contribution in [0.5, 0.6) is 11.5 Å². The fraction of sp³-hybridized carbons (Fsp3) is 0.278. The summed E-state index contributed by atoms with van der Waals surface area (Å²) in [4.78, 5) is 8.03. The van der Waals surface area contributed by atoms with Crippen molar-refractivity contribution in [2.45, 2.75) is 20.3 Å². The van der Waals surface area contributed by atoms with E-state index >= 15 is 0 Å². The quantitative estimate of drug-likeness (QED) is 0.502. The van der Waals surface area contributed by atoms with Crippen LogP contribution in [0.4, 0.5) is 0 Å². The van der Waals surface area contributed by atoms with Crippen molar-refractivity contribution in [3.63, 3.8) is 0 Å². The van der Waals surface area contributed by atoms with E-state index in [0.29, 0.717) is 24.7 Å². The van der Waals surface area contributed by atoms with Crippen molar-refractivity contribution in [2.24, 2.45) is 0 Å². The van der Waals surface area contributed by atoms with E-state index in [0.717, 1.165) is 37.8 Å². The number of benzene rings is 2. The molecule has 0 saturated carbocycles. The Hall–Kier alpha value is -1.53. The van der Waals surface area contributed by atoms with Gasteiger partial charge in [0.2, 0.25) is 0 Å². The summed E-state index contributed by atoms with van der Waals surface area (Å²) in [5, 5.41) is 0. The van der Waals surface area contributed by atoms with Crippen LogP contribution in [0.3, 0.4) is 0 Å². The number of hydrogen-bond donors (Lipinski definition) is 1. The van der Waals surface area contributed by atoms with E-state index in [1.54, 1.807) is 0 Å². The lowest BCUT2D eigenvalue weighted by Crippen LogP contribution is -2.02. The molecule has 0 saturated heterocycles. The molecule has 0 atom stereocenters. The lowest BCUT2D eigenvalue weighted by Gasteiger charge is -2.16. The minimum absolute atomic E-state index is 0.566. The molecule has 24 heavy (non-hydrogen) atoms. The zero-order valence-corrected chi connectivity index (χ0v) is 16.7. The Kier molecular flexibility index (Phi) is 5.46. The second-order valence-corrected chi connectivity index (χ2v) is 6.85. The van der Waals surface area contributed by atoms with Crippen LogP contribution >= 0.6 is 31.9 Å². The van der Waals surface area contributed by atoms with E-state index in [1.807, 2.05) is 37.3 Å². The van der Waals surface area contributed by atoms with Crippen molar-refractivity contribution in [3.8, 4) is 22.9 Å². The zero-order valence-electron chi connectivity index (χ0n) is 13.5. The Morgan fingerprint density at radius 2 is 1.88 bits per heavy atom. The third-order valence-corrected chi connectivity index (χ3v) is 5.63. The molecule has 0 spiro atoms. The van der Waals surface area contributed by atoms with Crippen LogP contribution in [0.2, 0.25) is 0 Å². The summed E-state index contributed by atoms with van der Waals surface area (Å²) in [6.45, 7) is 5.23. The van der Waals surface area contributed by atoms with Crippen LogP contribution in [-0.2, 0) is 0 Å². The number of para-hydroxylation sites is 2. The lowest BCUT2D eigenvalue weighted by molar-refractivity contribution is 0.275. The van der Waals surface area contributed by atoms with Crippen molar-refractivity contribution < 1.29 is 9.47 Å². The molecule has 0 bridgehead atoms. The SMILES string of the molecule is CCCOc1c(OCC)cc(-c2nc3ccccc3[nH]2)c(Br)c1Br. The van der Waals surface area contributed by atoms with E-state index in [9.17, 15) is 0 Å². The topological polar surface area (TPSA) is 47.1 Å². The molecular weight excluding hydrogens is 436 g/mol. The maximum atomic E-state index is 5.87. The van der Waals surface area contributed by atoms with Gasteiger partial charge in [0.1, 0.15) is 5.82 Å². The van der Waals surface area contributed by atoms with Gasteiger partial charge in [0, 0.05) is 10.0 Å². The molecule has 0 radical (unpaired) electrons. The monoisotopic (exact) mass is 452 g/mol. The fourth-order valence-corrected chi connectivity index (χ4v) is 3.45. The Morgan fingerprint density at radius 3 is 2.58 bits per heavy atom. The first-order chi connectivity index (χ1) is 11.7. The average Bonchev–Trinajstić information content (AvgIpc) is 3.01. The van der Waals surface area contributed by atoms with Crippen LogP contribution < -0.4 is 9.47 Å². The molecule has 6 heteroatoms. The van der Waals surface area contributed by atoms with Crippen molar-refractivity contribution in [3.05, 3.63) is 39.3 Å². The molecule has 1 aromatic heterocycles. The summed E-state index contributed by atoms with van der Waals surface area (Å²) in [6, 6.07) is 9.92. The first-order valence-electron chi connectivity index (χ1n) is 7.88. The average molecular weight is 454 g/mol. The number of halogens is 2. The number of H-pyrrole nitrogens is 1. The van der Waals surface area contributed by atoms with Gasteiger partial charge in [0.25, 0.3) is 0 Å². The number of aromatic amines is 1. The Bertz CT molecular complexity index is 829. The Balaban J connectivity index is 2.13. The number of nitrogens with one attached hydrogen (secondary N) is 1. The minimum Gasteiger partial charge on any atom is -0.490 e. The van der Waals surface area contributed by atoms with Crippen LogP contribution in [0, 0.1) is 0 Å². The molecule has 0 aliphatic carbocycles. The molecule has 0 unspecified atom stereocenters. The molecule has 2 aromatic carbocycles. The first kappa shape index (κ1) is 17.3. The summed E-state index contributed by atoms with van der Waals surface area (Å²) < 4.78 is 13.4. The van der Waals surface area contributed by atoms with Gasteiger partial charge in [0.15, 0.2) is 11.5 Å². The van der Waals surface area contributed by atoms with Gasteiger partial charge >= 0.3 is 0 Å². The third kappa shape index (κ3) is 3.30. The van der Waals surface area contributed by atoms with Crippen LogP contribution in [0.25, 0.3) is 22.4 Å². The predicted octanol–water partition coefficient (Wildman–Crippen LogP) is 5.94. The van der Waals surface area contributed by atoms with Gasteiger partial charge in [-0.05, 0) is 63.4 Å². The van der Waals surface area contributed by atoms with Crippen LogP contribution in [-0.4, -0.2) is 23.2 Å². The van der Waals surface area contributed by atoms with Gasteiger partial charge in [-0.15, -0.1) is 0 Å². The number of rotatable bonds is 6. The van der Waals surface area contributed by atoms with E-state index < -0.39 is 0 Å². The minimum atomic E-state index is 0.566. The fourth-order valence-electron chi connectivity index (χ4n) is 2.44. The number of aromatic nitrogens is 2. The van der Waals surface area contributed by atoms with Crippen molar-refractivity contribution in [1.29, 1.82) is 0 Å². The van der Waals surface area contributed by atoms with Crippen molar-refractivity contribution in [2.75, 3.05) is 13.2 Å². The molecular formula is C18H18Br2N2O2. The maximum Gasteiger partial charge on any atom is 0.176 e. The Labute approximate surface area is 157 Å². The summed E-state index contributed by atoms with van der Waals surface area (Å²) in [6.07, 6.45) is 0.931. The van der Waals surface area contributed by atoms with Gasteiger partial charge in [-0.2, -0.15) is 0 Å². The molecule has 0 aliphatic heterocycles. The zero-order chi connectivity index (χ0) is 17.1. The van der Waals surface area contributed by atoms with E-state index in [-0.39, 0.29) is 0 Å². The molecule has 0 amide bonds. The second-order valence-electron chi connectivity index (χ2n) is 5.26. The third-order valence-electron chi connectivity index (χ3n) is 3.52. The molecule has 1 heterocycles. The molecule has 3 rings (SSSR count). The number of ether oxygens (including phenoxy) is 2. The van der Waals surface area contributed by atoms with E-state index in [2.05, 4.69) is 48.8 Å². The van der Waals surface area contributed by atoms with Gasteiger partial charge < -0.3 is 14.5 Å². The summed E-state index contributed by atoms with van der Waals surface area (Å²) in [5.74, 6) is 2.20. The normalized spacial score (nSPS) is 11.0. The van der Waals surface area contributed by atoms with Gasteiger partial charge in [-0.25, -0.2) is 4.98 Å². The molecule has 1 N–H and O–H groups in total. The lowest BCUT2D eigenvalue weighted by atomic mass is 10.2. The smallest absolute Gasteiger partial charge is 0.176 e. The summed E-state index contributed by atoms with van der Waals surface area (Å²) in [7, 11) is 0. The van der Waals surface area contributed by atoms with Gasteiger partial charge in [-0.1, -0.05) is 19.1 Å². The van der Waals surface area contributed by atoms with Gasteiger partial charge in [-0.3, -0.25) is 0 Å². The number of imidazole rings is 1. The molecule has 4 nitrogen and oxygen atoms in total. The predicted molar refractivity (Wildman–Crippen MR) is 104 cm³/mol. The summed E-state index contributed by atoms with van der Waals surface area (Å²) >= 11 is 7.29. The number of fused-ring (bicyclic) bond motifs is 1. The van der Waals surface area contributed by atoms with E-state index in [4.69, 9.17) is 9.47 Å². The highest BCUT2D eigenvalue weighted by molar-refractivity contribution is 9.13. The summed E-state index contributed by atoms with van der Waals surface area (Å²) in [5.41, 5.74) is 2.85. The maximum absolute atomic E-state index is 5.87. The largest absolute Gasteiger partial charge is 0.490 e. The molecule has 0 aliphatic rings. The highest BCUT2D eigenvalue weighted by atomic mass is 79.9. The van der Waals surface area contributed by atoms with Gasteiger partial charge in [0.05, 0.1) is 28.7 Å². The Morgan fingerprint density at radius 1 is 1.08 bits per heavy atom. The van der Waals surface area contributed by atoms with E-state index in [1.165, 1.54) is 0 Å². The standard InChI is InChI=1S/C18H18Br2N2O2/c1-3-9-24-17-14(23-4-2)10-11(15(19)16(17)20)18-21-12-7-5-6-8-13(12)22-18/h5-8,10H,3-4,9H2,1-2H3,(H,21,22). The van der Waals surface area contributed by atoms with Crippen LogP contribution in [0.1, 0.15) is 20.3 Å². The molecule has 3 aromatic rings. The van der Waals surface area contributed by atoms with Crippen molar-refractivity contribution >= 4 is 42.9 Å². The van der Waals surface area contributed by atoms with Crippen LogP contribution in [0.15, 0.2) is 39.3 Å². The molecule has 126 valence electrons. The highest BCUT2D eigenvalue weighted by Gasteiger charge is 2.20.